The van der Waals surface area contributed by atoms with E-state index in [4.69, 9.17) is 27.4 Å². The SMILES string of the molecule is O=S(=O)(Oc1ccccc1)c1ccc(Nc2nc(Cl)nc(Cl)n2)cc1. The first-order chi connectivity index (χ1) is 11.9. The molecule has 0 spiro atoms. The molecule has 0 aliphatic carbocycles. The van der Waals surface area contributed by atoms with Gasteiger partial charge in [-0.25, -0.2) is 0 Å². The molecule has 0 fully saturated rings. The highest BCUT2D eigenvalue weighted by molar-refractivity contribution is 7.87. The van der Waals surface area contributed by atoms with Crippen molar-refractivity contribution < 1.29 is 12.6 Å². The Labute approximate surface area is 153 Å². The monoisotopic (exact) mass is 396 g/mol. The van der Waals surface area contributed by atoms with Crippen LogP contribution < -0.4 is 9.50 Å². The zero-order valence-electron chi connectivity index (χ0n) is 12.4. The topological polar surface area (TPSA) is 94.1 Å². The Hall–Kier alpha value is -2.42. The summed E-state index contributed by atoms with van der Waals surface area (Å²) in [4.78, 5) is 11.4. The second kappa shape index (κ2) is 7.22. The van der Waals surface area contributed by atoms with E-state index in [0.717, 1.165) is 0 Å². The first-order valence-corrected chi connectivity index (χ1v) is 9.02. The summed E-state index contributed by atoms with van der Waals surface area (Å²) in [6.45, 7) is 0. The minimum Gasteiger partial charge on any atom is -0.379 e. The van der Waals surface area contributed by atoms with E-state index >= 15 is 0 Å². The van der Waals surface area contributed by atoms with Gasteiger partial charge in [-0.05, 0) is 59.6 Å². The molecule has 0 aliphatic heterocycles. The van der Waals surface area contributed by atoms with Crippen molar-refractivity contribution in [2.24, 2.45) is 0 Å². The maximum atomic E-state index is 12.3. The van der Waals surface area contributed by atoms with Gasteiger partial charge in [0.15, 0.2) is 0 Å². The molecule has 1 aromatic heterocycles. The van der Waals surface area contributed by atoms with Gasteiger partial charge in [-0.1, -0.05) is 18.2 Å². The second-order valence-electron chi connectivity index (χ2n) is 4.70. The number of nitrogens with one attached hydrogen (secondary N) is 1. The smallest absolute Gasteiger partial charge is 0.339 e. The average Bonchev–Trinajstić information content (AvgIpc) is 2.55. The summed E-state index contributed by atoms with van der Waals surface area (Å²) in [5, 5.41) is 2.73. The number of halogens is 2. The average molecular weight is 397 g/mol. The van der Waals surface area contributed by atoms with E-state index < -0.39 is 10.1 Å². The minimum absolute atomic E-state index is 0.00798. The van der Waals surface area contributed by atoms with Crippen LogP contribution in [-0.4, -0.2) is 23.4 Å². The molecule has 0 aliphatic rings. The Morgan fingerprint density at radius 1 is 0.840 bits per heavy atom. The molecule has 1 heterocycles. The van der Waals surface area contributed by atoms with Gasteiger partial charge in [0.05, 0.1) is 0 Å². The number of hydrogen-bond donors (Lipinski definition) is 1. The van der Waals surface area contributed by atoms with E-state index in [-0.39, 0.29) is 27.2 Å². The molecule has 3 aromatic rings. The molecule has 0 unspecified atom stereocenters. The Morgan fingerprint density at radius 2 is 1.44 bits per heavy atom. The number of aromatic nitrogens is 3. The lowest BCUT2D eigenvalue weighted by Crippen LogP contribution is -2.09. The summed E-state index contributed by atoms with van der Waals surface area (Å²) in [5.41, 5.74) is 0.539. The van der Waals surface area contributed by atoms with Crippen molar-refractivity contribution in [1.29, 1.82) is 0 Å². The van der Waals surface area contributed by atoms with E-state index in [0.29, 0.717) is 5.69 Å². The standard InChI is InChI=1S/C15H10Cl2N4O3S/c16-13-19-14(17)21-15(20-13)18-10-6-8-12(9-7-10)25(22,23)24-11-4-2-1-3-5-11/h1-9H,(H,18,19,20,21). The first kappa shape index (κ1) is 17.4. The molecule has 1 N–H and O–H groups in total. The highest BCUT2D eigenvalue weighted by Gasteiger charge is 2.16. The maximum absolute atomic E-state index is 12.3. The second-order valence-corrected chi connectivity index (χ2v) is 6.92. The normalized spacial score (nSPS) is 11.1. The molecule has 0 atom stereocenters. The molecule has 0 saturated carbocycles. The van der Waals surface area contributed by atoms with Crippen molar-refractivity contribution in [3.63, 3.8) is 0 Å². The van der Waals surface area contributed by atoms with Gasteiger partial charge in [0.2, 0.25) is 16.5 Å². The fraction of sp³-hybridized carbons (Fsp3) is 0. The van der Waals surface area contributed by atoms with Crippen molar-refractivity contribution >= 4 is 45.0 Å². The number of hydrogen-bond acceptors (Lipinski definition) is 7. The summed E-state index contributed by atoms with van der Waals surface area (Å²) >= 11 is 11.4. The molecule has 0 saturated heterocycles. The van der Waals surface area contributed by atoms with E-state index in [9.17, 15) is 8.42 Å². The summed E-state index contributed by atoms with van der Waals surface area (Å²) in [6, 6.07) is 14.1. The third-order valence-corrected chi connectivity index (χ3v) is 4.53. The molecule has 3 rings (SSSR count). The van der Waals surface area contributed by atoms with Gasteiger partial charge in [0.25, 0.3) is 0 Å². The van der Waals surface area contributed by atoms with E-state index in [1.807, 2.05) is 0 Å². The van der Waals surface area contributed by atoms with Gasteiger partial charge < -0.3 is 9.50 Å². The van der Waals surface area contributed by atoms with Gasteiger partial charge >= 0.3 is 10.1 Å². The Morgan fingerprint density at radius 3 is 2.04 bits per heavy atom. The van der Waals surface area contributed by atoms with Gasteiger partial charge in [-0.15, -0.1) is 0 Å². The van der Waals surface area contributed by atoms with Crippen LogP contribution in [0, 0.1) is 0 Å². The van der Waals surface area contributed by atoms with Crippen LogP contribution in [0.25, 0.3) is 0 Å². The van der Waals surface area contributed by atoms with Crippen LogP contribution in [0.4, 0.5) is 11.6 Å². The van der Waals surface area contributed by atoms with Gasteiger partial charge in [0, 0.05) is 5.69 Å². The molecular weight excluding hydrogens is 387 g/mol. The highest BCUT2D eigenvalue weighted by atomic mass is 35.5. The number of para-hydroxylation sites is 1. The van der Waals surface area contributed by atoms with Gasteiger partial charge in [0.1, 0.15) is 10.6 Å². The predicted octanol–water partition coefficient (Wildman–Crippen LogP) is 3.69. The fourth-order valence-electron chi connectivity index (χ4n) is 1.87. The highest BCUT2D eigenvalue weighted by Crippen LogP contribution is 2.21. The predicted molar refractivity (Wildman–Crippen MR) is 93.8 cm³/mol. The number of nitrogens with zero attached hydrogens (tertiary/aromatic N) is 3. The van der Waals surface area contributed by atoms with E-state index in [2.05, 4.69) is 20.3 Å². The quantitative estimate of drug-likeness (QED) is 0.656. The largest absolute Gasteiger partial charge is 0.379 e. The molecule has 25 heavy (non-hydrogen) atoms. The van der Waals surface area contributed by atoms with Crippen molar-refractivity contribution in [2.45, 2.75) is 4.90 Å². The molecular formula is C15H10Cl2N4O3S. The van der Waals surface area contributed by atoms with Crippen LogP contribution in [0.1, 0.15) is 0 Å². The Kier molecular flexibility index (Phi) is 5.03. The van der Waals surface area contributed by atoms with E-state index in [1.165, 1.54) is 24.3 Å². The zero-order valence-corrected chi connectivity index (χ0v) is 14.8. The maximum Gasteiger partial charge on any atom is 0.339 e. The third kappa shape index (κ3) is 4.56. The molecule has 2 aromatic carbocycles. The summed E-state index contributed by atoms with van der Waals surface area (Å²) < 4.78 is 29.6. The fourth-order valence-corrected chi connectivity index (χ4v) is 3.16. The number of anilines is 2. The molecule has 10 heteroatoms. The van der Waals surface area contributed by atoms with Crippen LogP contribution in [0.3, 0.4) is 0 Å². The number of rotatable bonds is 5. The van der Waals surface area contributed by atoms with E-state index in [1.54, 1.807) is 30.3 Å². The molecule has 0 amide bonds. The summed E-state index contributed by atoms with van der Waals surface area (Å²) in [7, 11) is -3.93. The van der Waals surface area contributed by atoms with Crippen LogP contribution in [0.15, 0.2) is 59.5 Å². The molecule has 7 nitrogen and oxygen atoms in total. The number of benzene rings is 2. The lowest BCUT2D eigenvalue weighted by atomic mass is 10.3. The van der Waals surface area contributed by atoms with Gasteiger partial charge in [-0.3, -0.25) is 0 Å². The van der Waals surface area contributed by atoms with Crippen LogP contribution in [0.2, 0.25) is 10.6 Å². The summed E-state index contributed by atoms with van der Waals surface area (Å²) in [6.07, 6.45) is 0. The van der Waals surface area contributed by atoms with Crippen molar-refractivity contribution in [3.8, 4) is 5.75 Å². The Balaban J connectivity index is 1.77. The van der Waals surface area contributed by atoms with Crippen molar-refractivity contribution in [1.82, 2.24) is 15.0 Å². The minimum atomic E-state index is -3.93. The molecule has 0 radical (unpaired) electrons. The zero-order chi connectivity index (χ0) is 17.9. The van der Waals surface area contributed by atoms with Crippen molar-refractivity contribution in [2.75, 3.05) is 5.32 Å². The summed E-state index contributed by atoms with van der Waals surface area (Å²) in [5.74, 6) is 0.375. The van der Waals surface area contributed by atoms with Crippen LogP contribution >= 0.6 is 23.2 Å². The van der Waals surface area contributed by atoms with Crippen LogP contribution in [-0.2, 0) is 10.1 Å². The third-order valence-electron chi connectivity index (χ3n) is 2.93. The molecule has 128 valence electrons. The lowest BCUT2D eigenvalue weighted by Gasteiger charge is -2.08. The first-order valence-electron chi connectivity index (χ1n) is 6.86. The lowest BCUT2D eigenvalue weighted by molar-refractivity contribution is 0.486. The van der Waals surface area contributed by atoms with Gasteiger partial charge in [-0.2, -0.15) is 23.4 Å². The van der Waals surface area contributed by atoms with Crippen LogP contribution in [0.5, 0.6) is 5.75 Å². The Bertz CT molecular complexity index is 963. The van der Waals surface area contributed by atoms with Crippen molar-refractivity contribution in [3.05, 3.63) is 65.2 Å². The molecule has 0 bridgehead atoms.